The largest absolute Gasteiger partial charge is 1.00 e. The van der Waals surface area contributed by atoms with Crippen LogP contribution < -0.4 is 59.1 Å². The molecule has 0 aromatic carbocycles. The topological polar surface area (TPSA) is 150 Å². The fraction of sp³-hybridized carbons (Fsp3) is 0.647. The molecule has 0 saturated heterocycles. The van der Waals surface area contributed by atoms with Gasteiger partial charge in [-0.25, -0.2) is 0 Å². The zero-order valence-corrected chi connectivity index (χ0v) is 22.6. The Hall–Kier alpha value is 0.180. The van der Waals surface area contributed by atoms with Gasteiger partial charge in [-0.05, 0) is 20.8 Å². The smallest absolute Gasteiger partial charge is 0.870 e. The van der Waals surface area contributed by atoms with Crippen molar-refractivity contribution in [3.05, 3.63) is 24.3 Å². The minimum absolute atomic E-state index is 0. The van der Waals surface area contributed by atoms with Gasteiger partial charge in [-0.15, -0.1) is 0 Å². The van der Waals surface area contributed by atoms with Gasteiger partial charge >= 0.3 is 59.1 Å². The first-order chi connectivity index (χ1) is 11.8. The second kappa shape index (κ2) is 28.2. The van der Waals surface area contributed by atoms with Crippen molar-refractivity contribution in [2.24, 2.45) is 0 Å². The number of carbonyl (C=O) groups excluding carboxylic acids is 2. The van der Waals surface area contributed by atoms with Gasteiger partial charge in [0.1, 0.15) is 0 Å². The van der Waals surface area contributed by atoms with Gasteiger partial charge in [0, 0.05) is 27.4 Å². The molecule has 0 unspecified atom stereocenters. The van der Waals surface area contributed by atoms with Crippen LogP contribution in [-0.2, 0) is 38.0 Å². The molecule has 2 N–H and O–H groups in total. The van der Waals surface area contributed by atoms with E-state index in [1.54, 1.807) is 20.8 Å². The Kier molecular flexibility index (Phi) is 41.9. The van der Waals surface area contributed by atoms with Crippen LogP contribution in [0.15, 0.2) is 11.1 Å². The summed E-state index contributed by atoms with van der Waals surface area (Å²) >= 11 is 0. The van der Waals surface area contributed by atoms with Crippen LogP contribution in [0, 0.1) is 13.2 Å². The van der Waals surface area contributed by atoms with Crippen LogP contribution in [0.2, 0.25) is 0 Å². The van der Waals surface area contributed by atoms with Gasteiger partial charge < -0.3 is 49.0 Å². The summed E-state index contributed by atoms with van der Waals surface area (Å²) in [5.74, 6) is -1.22. The molecule has 0 aliphatic heterocycles. The van der Waals surface area contributed by atoms with E-state index in [9.17, 15) is 9.59 Å². The molecule has 12 heteroatoms. The fourth-order valence-electron chi connectivity index (χ4n) is 1.41. The maximum absolute atomic E-state index is 11.2. The van der Waals surface area contributed by atoms with Crippen LogP contribution in [-0.4, -0.2) is 76.6 Å². The first-order valence-corrected chi connectivity index (χ1v) is 7.63. The monoisotopic (exact) mass is 440 g/mol. The summed E-state index contributed by atoms with van der Waals surface area (Å²) in [5.41, 5.74) is -0.145. The van der Waals surface area contributed by atoms with E-state index >= 15 is 0 Å². The average Bonchev–Trinajstić information content (AvgIpc) is 2.61. The zero-order chi connectivity index (χ0) is 19.8. The molecule has 0 aromatic heterocycles. The summed E-state index contributed by atoms with van der Waals surface area (Å²) in [6, 6.07) is 0. The van der Waals surface area contributed by atoms with Gasteiger partial charge in [-0.2, -0.15) is 0 Å². The minimum Gasteiger partial charge on any atom is -0.870 e. The molecule has 29 heavy (non-hydrogen) atoms. The van der Waals surface area contributed by atoms with Crippen LogP contribution in [0.1, 0.15) is 20.8 Å². The van der Waals surface area contributed by atoms with Gasteiger partial charge in [0.25, 0.3) is 0 Å². The van der Waals surface area contributed by atoms with E-state index in [0.717, 1.165) is 0 Å². The molecule has 0 saturated carbocycles. The van der Waals surface area contributed by atoms with Crippen molar-refractivity contribution in [1.82, 2.24) is 0 Å². The number of carbonyl (C=O) groups is 2. The predicted molar refractivity (Wildman–Crippen MR) is 93.0 cm³/mol. The van der Waals surface area contributed by atoms with E-state index in [1.165, 1.54) is 21.3 Å². The molecule has 0 aromatic rings. The molecular formula is C17H30Na2O10-2. The Morgan fingerprint density at radius 2 is 1.10 bits per heavy atom. The molecular weight excluding hydrogens is 410 g/mol. The third kappa shape index (κ3) is 19.9. The SMILES string of the molecule is [CH-]=C(C(=O)OC)C(OC)OC.[CH-]=C(C(=O)OCC)C(OCC)OCC.[Na+].[Na+].[OH-].[OH-]. The molecule has 10 nitrogen and oxygen atoms in total. The Morgan fingerprint density at radius 1 is 0.724 bits per heavy atom. The van der Waals surface area contributed by atoms with Crippen molar-refractivity contribution in [2.45, 2.75) is 33.4 Å². The molecule has 0 heterocycles. The van der Waals surface area contributed by atoms with Gasteiger partial charge in [0.05, 0.1) is 13.7 Å². The van der Waals surface area contributed by atoms with E-state index in [4.69, 9.17) is 36.8 Å². The molecule has 0 aliphatic rings. The first kappa shape index (κ1) is 43.1. The van der Waals surface area contributed by atoms with E-state index in [2.05, 4.69) is 4.74 Å². The van der Waals surface area contributed by atoms with Crippen molar-refractivity contribution in [2.75, 3.05) is 41.2 Å². The summed E-state index contributed by atoms with van der Waals surface area (Å²) in [5, 5.41) is 0. The van der Waals surface area contributed by atoms with Crippen molar-refractivity contribution < 1.29 is 108 Å². The van der Waals surface area contributed by atoms with Crippen LogP contribution in [0.3, 0.4) is 0 Å². The van der Waals surface area contributed by atoms with Crippen molar-refractivity contribution >= 4 is 11.9 Å². The van der Waals surface area contributed by atoms with Crippen LogP contribution in [0.4, 0.5) is 0 Å². The Labute approximate surface area is 217 Å². The van der Waals surface area contributed by atoms with Crippen LogP contribution in [0.5, 0.6) is 0 Å². The van der Waals surface area contributed by atoms with Gasteiger partial charge in [0.2, 0.25) is 0 Å². The Bertz CT molecular complexity index is 422. The third-order valence-corrected chi connectivity index (χ3v) is 2.50. The van der Waals surface area contributed by atoms with Crippen molar-refractivity contribution in [1.29, 1.82) is 0 Å². The molecule has 0 radical (unpaired) electrons. The quantitative estimate of drug-likeness (QED) is 0.101. The van der Waals surface area contributed by atoms with Crippen LogP contribution in [0.25, 0.3) is 0 Å². The van der Waals surface area contributed by atoms with Crippen LogP contribution >= 0.6 is 0 Å². The standard InChI is InChI=1S/C10H17O4.C7H11O4.2Na.2H2O/c1-5-12-9(11)8(4)10(13-6-2)14-7-3;1-5(6(8)9-2)7(10-3)11-4;;;;/h4,10H,5-7H2,1-3H3;1,7H,2-4H3;;;2*1H2/q2*-1;2*+1;;/p-2. The second-order valence-corrected chi connectivity index (χ2v) is 4.17. The molecule has 0 atom stereocenters. The van der Waals surface area contributed by atoms with Gasteiger partial charge in [0.15, 0.2) is 24.5 Å². The number of rotatable bonds is 11. The molecule has 0 aliphatic carbocycles. The van der Waals surface area contributed by atoms with Crippen molar-refractivity contribution in [3.8, 4) is 0 Å². The Balaban J connectivity index is -0.0000000818. The summed E-state index contributed by atoms with van der Waals surface area (Å²) in [6.45, 7) is 17.2. The average molecular weight is 440 g/mol. The fourth-order valence-corrected chi connectivity index (χ4v) is 1.41. The number of methoxy groups -OCH3 is 3. The number of esters is 2. The number of hydrogen-bond acceptors (Lipinski definition) is 10. The molecule has 0 rings (SSSR count). The third-order valence-electron chi connectivity index (χ3n) is 2.50. The summed E-state index contributed by atoms with van der Waals surface area (Å²) < 4.78 is 28.7. The van der Waals surface area contributed by atoms with E-state index < -0.39 is 24.5 Å². The number of hydrogen-bond donors (Lipinski definition) is 0. The maximum Gasteiger partial charge on any atom is 1.00 e. The summed E-state index contributed by atoms with van der Waals surface area (Å²) in [7, 11) is 3.99. The zero-order valence-electron chi connectivity index (χ0n) is 18.6. The molecule has 0 fully saturated rings. The molecule has 0 spiro atoms. The normalized spacial score (nSPS) is 8.69. The summed E-state index contributed by atoms with van der Waals surface area (Å²) in [4.78, 5) is 21.9. The van der Waals surface area contributed by atoms with E-state index in [0.29, 0.717) is 13.2 Å². The van der Waals surface area contributed by atoms with E-state index in [-0.39, 0.29) is 87.8 Å². The maximum atomic E-state index is 11.2. The van der Waals surface area contributed by atoms with Gasteiger partial charge in [-0.3, -0.25) is 13.2 Å². The Morgan fingerprint density at radius 3 is 1.38 bits per heavy atom. The molecule has 162 valence electrons. The predicted octanol–water partition coefficient (Wildman–Crippen LogP) is -4.90. The molecule has 0 bridgehead atoms. The van der Waals surface area contributed by atoms with Crippen molar-refractivity contribution in [3.63, 3.8) is 0 Å². The second-order valence-electron chi connectivity index (χ2n) is 4.17. The van der Waals surface area contributed by atoms with Gasteiger partial charge in [-0.1, -0.05) is 11.1 Å². The molecule has 0 amide bonds. The number of ether oxygens (including phenoxy) is 6. The van der Waals surface area contributed by atoms with E-state index in [1.807, 2.05) is 0 Å². The summed E-state index contributed by atoms with van der Waals surface area (Å²) in [6.07, 6.45) is -1.63. The minimum atomic E-state index is -0.831. The first-order valence-electron chi connectivity index (χ1n) is 7.63.